The van der Waals surface area contributed by atoms with E-state index in [4.69, 9.17) is 15.2 Å². The Bertz CT molecular complexity index is 539. The molecule has 0 radical (unpaired) electrons. The smallest absolute Gasteiger partial charge is 0.246 e. The Balaban J connectivity index is 3.45. The molecule has 0 spiro atoms. The third-order valence-corrected chi connectivity index (χ3v) is 4.91. The van der Waals surface area contributed by atoms with Crippen LogP contribution in [0, 0.1) is 0 Å². The largest absolute Gasteiger partial charge is 0.495 e. The van der Waals surface area contributed by atoms with Gasteiger partial charge in [0, 0.05) is 19.2 Å². The van der Waals surface area contributed by atoms with Crippen molar-refractivity contribution >= 4 is 15.7 Å². The van der Waals surface area contributed by atoms with E-state index in [1.807, 2.05) is 0 Å². The summed E-state index contributed by atoms with van der Waals surface area (Å²) in [5, 5.41) is 0. The number of hydrogen-bond acceptors (Lipinski definition) is 5. The Morgan fingerprint density at radius 2 is 1.63 bits per heavy atom. The number of methoxy groups -OCH3 is 2. The topological polar surface area (TPSA) is 81.9 Å². The summed E-state index contributed by atoms with van der Waals surface area (Å²) >= 11 is 0. The summed E-state index contributed by atoms with van der Waals surface area (Å²) in [6.07, 6.45) is 0. The van der Waals surface area contributed by atoms with Crippen molar-refractivity contribution in [2.45, 2.75) is 18.7 Å². The van der Waals surface area contributed by atoms with Gasteiger partial charge < -0.3 is 15.2 Å². The van der Waals surface area contributed by atoms with E-state index in [0.717, 1.165) is 0 Å². The Hall–Kier alpha value is -1.47. The molecule has 0 saturated carbocycles. The van der Waals surface area contributed by atoms with Gasteiger partial charge in [0.1, 0.15) is 16.4 Å². The minimum atomic E-state index is -3.62. The van der Waals surface area contributed by atoms with E-state index in [2.05, 4.69) is 0 Å². The van der Waals surface area contributed by atoms with Crippen molar-refractivity contribution in [3.63, 3.8) is 0 Å². The van der Waals surface area contributed by atoms with Gasteiger partial charge in [-0.05, 0) is 6.07 Å². The molecule has 1 aromatic carbocycles. The lowest BCUT2D eigenvalue weighted by molar-refractivity contribution is 0.383. The fourth-order valence-electron chi connectivity index (χ4n) is 1.80. The van der Waals surface area contributed by atoms with Crippen LogP contribution in [-0.4, -0.2) is 40.0 Å². The first-order chi connectivity index (χ1) is 8.92. The third-order valence-electron chi connectivity index (χ3n) is 2.84. The number of anilines is 1. The SMILES string of the molecule is CCN(CC)S(=O)(=O)c1cc(N)c(OC)cc1OC. The van der Waals surface area contributed by atoms with Crippen molar-refractivity contribution in [2.75, 3.05) is 33.0 Å². The summed E-state index contributed by atoms with van der Waals surface area (Å²) in [4.78, 5) is 0.0528. The molecule has 7 heteroatoms. The molecule has 0 aliphatic carbocycles. The summed E-state index contributed by atoms with van der Waals surface area (Å²) < 4.78 is 36.5. The number of rotatable bonds is 6. The normalized spacial score (nSPS) is 11.6. The highest BCUT2D eigenvalue weighted by Crippen LogP contribution is 2.35. The highest BCUT2D eigenvalue weighted by molar-refractivity contribution is 7.89. The molecule has 19 heavy (non-hydrogen) atoms. The van der Waals surface area contributed by atoms with Gasteiger partial charge in [-0.3, -0.25) is 0 Å². The number of nitrogen functional groups attached to an aromatic ring is 1. The molecule has 0 atom stereocenters. The van der Waals surface area contributed by atoms with Crippen molar-refractivity contribution in [2.24, 2.45) is 0 Å². The van der Waals surface area contributed by atoms with E-state index in [9.17, 15) is 8.42 Å². The van der Waals surface area contributed by atoms with E-state index >= 15 is 0 Å². The fourth-order valence-corrected chi connectivity index (χ4v) is 3.43. The zero-order valence-corrected chi connectivity index (χ0v) is 12.5. The van der Waals surface area contributed by atoms with E-state index in [1.165, 1.54) is 30.7 Å². The summed E-state index contributed by atoms with van der Waals surface area (Å²) in [7, 11) is -0.748. The zero-order chi connectivity index (χ0) is 14.6. The van der Waals surface area contributed by atoms with Crippen molar-refractivity contribution in [3.05, 3.63) is 12.1 Å². The Labute approximate surface area is 114 Å². The Morgan fingerprint density at radius 1 is 1.11 bits per heavy atom. The second-order valence-corrected chi connectivity index (χ2v) is 5.74. The van der Waals surface area contributed by atoms with Crippen LogP contribution >= 0.6 is 0 Å². The first kappa shape index (κ1) is 15.6. The average molecular weight is 288 g/mol. The quantitative estimate of drug-likeness (QED) is 0.798. The number of hydrogen-bond donors (Lipinski definition) is 1. The zero-order valence-electron chi connectivity index (χ0n) is 11.6. The van der Waals surface area contributed by atoms with Crippen LogP contribution < -0.4 is 15.2 Å². The average Bonchev–Trinajstić information content (AvgIpc) is 2.39. The van der Waals surface area contributed by atoms with Gasteiger partial charge in [-0.15, -0.1) is 0 Å². The van der Waals surface area contributed by atoms with Crippen LogP contribution in [0.3, 0.4) is 0 Å². The van der Waals surface area contributed by atoms with E-state index in [0.29, 0.717) is 18.8 Å². The maximum atomic E-state index is 12.5. The number of nitrogens with zero attached hydrogens (tertiary/aromatic N) is 1. The van der Waals surface area contributed by atoms with Crippen LogP contribution in [-0.2, 0) is 10.0 Å². The Kier molecular flexibility index (Phi) is 5.02. The van der Waals surface area contributed by atoms with Crippen LogP contribution in [0.1, 0.15) is 13.8 Å². The monoisotopic (exact) mass is 288 g/mol. The molecule has 1 aromatic rings. The van der Waals surface area contributed by atoms with Crippen molar-refractivity contribution < 1.29 is 17.9 Å². The van der Waals surface area contributed by atoms with Crippen LogP contribution in [0.15, 0.2) is 17.0 Å². The maximum absolute atomic E-state index is 12.5. The number of ether oxygens (including phenoxy) is 2. The number of nitrogens with two attached hydrogens (primary N) is 1. The van der Waals surface area contributed by atoms with Gasteiger partial charge >= 0.3 is 0 Å². The minimum absolute atomic E-state index is 0.0528. The molecule has 0 heterocycles. The molecule has 0 aromatic heterocycles. The fraction of sp³-hybridized carbons (Fsp3) is 0.500. The maximum Gasteiger partial charge on any atom is 0.246 e. The molecule has 0 amide bonds. The van der Waals surface area contributed by atoms with Crippen LogP contribution in [0.25, 0.3) is 0 Å². The first-order valence-electron chi connectivity index (χ1n) is 5.93. The summed E-state index contributed by atoms with van der Waals surface area (Å²) in [6.45, 7) is 4.32. The van der Waals surface area contributed by atoms with Gasteiger partial charge in [0.15, 0.2) is 0 Å². The van der Waals surface area contributed by atoms with Crippen LogP contribution in [0.4, 0.5) is 5.69 Å². The van der Waals surface area contributed by atoms with Gasteiger partial charge in [0.05, 0.1) is 19.9 Å². The molecule has 2 N–H and O–H groups in total. The molecule has 6 nitrogen and oxygen atoms in total. The standard InChI is InChI=1S/C12H20N2O4S/c1-5-14(6-2)19(15,16)12-7-9(13)10(17-3)8-11(12)18-4/h7-8H,5-6,13H2,1-4H3. The first-order valence-corrected chi connectivity index (χ1v) is 7.37. The molecule has 108 valence electrons. The van der Waals surface area contributed by atoms with Gasteiger partial charge in [-0.2, -0.15) is 4.31 Å². The van der Waals surface area contributed by atoms with E-state index < -0.39 is 10.0 Å². The van der Waals surface area contributed by atoms with Crippen molar-refractivity contribution in [1.82, 2.24) is 4.31 Å². The van der Waals surface area contributed by atoms with Gasteiger partial charge in [-0.1, -0.05) is 13.8 Å². The molecule has 0 bridgehead atoms. The highest BCUT2D eigenvalue weighted by Gasteiger charge is 2.26. The van der Waals surface area contributed by atoms with Crippen LogP contribution in [0.2, 0.25) is 0 Å². The predicted molar refractivity (Wildman–Crippen MR) is 74.1 cm³/mol. The van der Waals surface area contributed by atoms with Gasteiger partial charge in [0.25, 0.3) is 0 Å². The van der Waals surface area contributed by atoms with Crippen molar-refractivity contribution in [1.29, 1.82) is 0 Å². The van der Waals surface area contributed by atoms with Gasteiger partial charge in [0.2, 0.25) is 10.0 Å². The van der Waals surface area contributed by atoms with E-state index in [1.54, 1.807) is 13.8 Å². The van der Waals surface area contributed by atoms with Crippen LogP contribution in [0.5, 0.6) is 11.5 Å². The summed E-state index contributed by atoms with van der Waals surface area (Å²) in [5.74, 6) is 0.605. The van der Waals surface area contributed by atoms with E-state index in [-0.39, 0.29) is 16.3 Å². The molecule has 0 aliphatic heterocycles. The highest BCUT2D eigenvalue weighted by atomic mass is 32.2. The lowest BCUT2D eigenvalue weighted by Gasteiger charge is -2.20. The molecule has 0 saturated heterocycles. The molecule has 0 aliphatic rings. The molecular weight excluding hydrogens is 268 g/mol. The number of benzene rings is 1. The lowest BCUT2D eigenvalue weighted by atomic mass is 10.3. The summed E-state index contributed by atoms with van der Waals surface area (Å²) in [5.41, 5.74) is 6.03. The summed E-state index contributed by atoms with van der Waals surface area (Å²) in [6, 6.07) is 2.84. The minimum Gasteiger partial charge on any atom is -0.495 e. The second-order valence-electron chi connectivity index (χ2n) is 3.83. The second kappa shape index (κ2) is 6.12. The predicted octanol–water partition coefficient (Wildman–Crippen LogP) is 1.32. The Morgan fingerprint density at radius 3 is 2.05 bits per heavy atom. The number of sulfonamides is 1. The van der Waals surface area contributed by atoms with Crippen molar-refractivity contribution in [3.8, 4) is 11.5 Å². The third kappa shape index (κ3) is 2.93. The molecule has 1 rings (SSSR count). The molecule has 0 fully saturated rings. The van der Waals surface area contributed by atoms with Gasteiger partial charge in [-0.25, -0.2) is 8.42 Å². The molecule has 0 unspecified atom stereocenters. The molecular formula is C12H20N2O4S. The lowest BCUT2D eigenvalue weighted by Crippen LogP contribution is -2.31.